The Morgan fingerprint density at radius 1 is 1.42 bits per heavy atom. The molecular formula is C19H24N2O4S. The molecule has 3 rings (SSSR count). The van der Waals surface area contributed by atoms with E-state index in [1.165, 1.54) is 4.57 Å². The first-order valence-corrected chi connectivity index (χ1v) is 9.62. The lowest BCUT2D eigenvalue weighted by atomic mass is 10.1. The first-order valence-electron chi connectivity index (χ1n) is 8.74. The minimum atomic E-state index is -0.106. The molecule has 1 aliphatic heterocycles. The van der Waals surface area contributed by atoms with E-state index >= 15 is 0 Å². The molecule has 1 fully saturated rings. The smallest absolute Gasteiger partial charge is 0.307 e. The highest BCUT2D eigenvalue weighted by molar-refractivity contribution is 7.07. The molecule has 0 bridgehead atoms. The van der Waals surface area contributed by atoms with Crippen molar-refractivity contribution in [1.29, 1.82) is 0 Å². The molecule has 1 amide bonds. The summed E-state index contributed by atoms with van der Waals surface area (Å²) in [6.07, 6.45) is 2.02. The summed E-state index contributed by atoms with van der Waals surface area (Å²) in [5.41, 5.74) is 1.75. The van der Waals surface area contributed by atoms with Crippen LogP contribution in [-0.2, 0) is 22.6 Å². The Kier molecular flexibility index (Phi) is 6.11. The molecule has 0 spiro atoms. The molecule has 1 aromatic carbocycles. The average molecular weight is 376 g/mol. The molecule has 1 aliphatic rings. The predicted octanol–water partition coefficient (Wildman–Crippen LogP) is 2.43. The van der Waals surface area contributed by atoms with E-state index in [9.17, 15) is 9.59 Å². The van der Waals surface area contributed by atoms with Gasteiger partial charge < -0.3 is 14.4 Å². The SMILES string of the molecule is COc1ccccc1CN(CC1CCCO1)C(=O)Cn1c(C)csc1=O. The maximum Gasteiger partial charge on any atom is 0.307 e. The molecule has 0 saturated carbocycles. The van der Waals surface area contributed by atoms with Crippen LogP contribution in [0, 0.1) is 6.92 Å². The number of methoxy groups -OCH3 is 1. The van der Waals surface area contributed by atoms with E-state index in [4.69, 9.17) is 9.47 Å². The second-order valence-corrected chi connectivity index (χ2v) is 7.27. The topological polar surface area (TPSA) is 60.8 Å². The molecule has 0 radical (unpaired) electrons. The number of ether oxygens (including phenoxy) is 2. The van der Waals surface area contributed by atoms with Crippen LogP contribution in [0.3, 0.4) is 0 Å². The first-order chi connectivity index (χ1) is 12.6. The minimum Gasteiger partial charge on any atom is -0.496 e. The molecule has 140 valence electrons. The lowest BCUT2D eigenvalue weighted by Gasteiger charge is -2.26. The number of nitrogens with zero attached hydrogens (tertiary/aromatic N) is 2. The quantitative estimate of drug-likeness (QED) is 0.745. The molecule has 1 atom stereocenters. The van der Waals surface area contributed by atoms with Crippen LogP contribution in [0.4, 0.5) is 0 Å². The summed E-state index contributed by atoms with van der Waals surface area (Å²) in [6.45, 7) is 3.59. The third-order valence-corrected chi connectivity index (χ3v) is 5.51. The molecule has 0 N–H and O–H groups in total. The van der Waals surface area contributed by atoms with Gasteiger partial charge in [0, 0.05) is 36.3 Å². The molecule has 1 saturated heterocycles. The standard InChI is InChI=1S/C19H24N2O4S/c1-14-13-26-19(23)21(14)12-18(22)20(11-16-7-5-9-25-16)10-15-6-3-4-8-17(15)24-2/h3-4,6,8,13,16H,5,7,9-12H2,1-2H3. The number of para-hydroxylation sites is 1. The van der Waals surface area contributed by atoms with Gasteiger partial charge >= 0.3 is 4.87 Å². The number of rotatable bonds is 7. The number of carbonyl (C=O) groups excluding carboxylic acids is 1. The first kappa shape index (κ1) is 18.7. The lowest BCUT2D eigenvalue weighted by Crippen LogP contribution is -2.40. The van der Waals surface area contributed by atoms with Crippen LogP contribution in [0.1, 0.15) is 24.1 Å². The lowest BCUT2D eigenvalue weighted by molar-refractivity contribution is -0.134. The number of aromatic nitrogens is 1. The molecule has 2 aromatic rings. The zero-order valence-corrected chi connectivity index (χ0v) is 16.0. The van der Waals surface area contributed by atoms with E-state index in [2.05, 4.69) is 0 Å². The van der Waals surface area contributed by atoms with E-state index in [0.29, 0.717) is 13.1 Å². The maximum atomic E-state index is 13.0. The van der Waals surface area contributed by atoms with Gasteiger partial charge in [-0.05, 0) is 25.8 Å². The van der Waals surface area contributed by atoms with Crippen molar-refractivity contribution in [2.75, 3.05) is 20.3 Å². The molecule has 26 heavy (non-hydrogen) atoms. The molecule has 1 unspecified atom stereocenters. The van der Waals surface area contributed by atoms with Crippen molar-refractivity contribution in [2.45, 2.75) is 39.0 Å². The fourth-order valence-electron chi connectivity index (χ4n) is 3.16. The number of carbonyl (C=O) groups is 1. The fraction of sp³-hybridized carbons (Fsp3) is 0.474. The molecule has 6 nitrogen and oxygen atoms in total. The second kappa shape index (κ2) is 8.51. The molecule has 0 aliphatic carbocycles. The summed E-state index contributed by atoms with van der Waals surface area (Å²) in [5, 5.41) is 1.78. The number of hydrogen-bond acceptors (Lipinski definition) is 5. The van der Waals surface area contributed by atoms with E-state index in [-0.39, 0.29) is 23.4 Å². The number of amides is 1. The predicted molar refractivity (Wildman–Crippen MR) is 101 cm³/mol. The monoisotopic (exact) mass is 376 g/mol. The van der Waals surface area contributed by atoms with Gasteiger partial charge in [0.1, 0.15) is 12.3 Å². The summed E-state index contributed by atoms with van der Waals surface area (Å²) < 4.78 is 12.7. The molecule has 1 aromatic heterocycles. The normalized spacial score (nSPS) is 16.6. The van der Waals surface area contributed by atoms with Crippen molar-refractivity contribution >= 4 is 17.2 Å². The van der Waals surface area contributed by atoms with E-state index in [0.717, 1.165) is 47.8 Å². The van der Waals surface area contributed by atoms with Gasteiger partial charge in [0.15, 0.2) is 0 Å². The average Bonchev–Trinajstić information content (AvgIpc) is 3.26. The summed E-state index contributed by atoms with van der Waals surface area (Å²) in [4.78, 5) is 26.6. The van der Waals surface area contributed by atoms with Crippen molar-refractivity contribution in [3.8, 4) is 5.75 Å². The van der Waals surface area contributed by atoms with Gasteiger partial charge in [-0.2, -0.15) is 0 Å². The highest BCUT2D eigenvalue weighted by Crippen LogP contribution is 2.21. The van der Waals surface area contributed by atoms with Gasteiger partial charge in [-0.15, -0.1) is 0 Å². The van der Waals surface area contributed by atoms with Crippen LogP contribution in [0.2, 0.25) is 0 Å². The molecular weight excluding hydrogens is 352 g/mol. The molecule has 7 heteroatoms. The van der Waals surface area contributed by atoms with Crippen LogP contribution in [0.5, 0.6) is 5.75 Å². The summed E-state index contributed by atoms with van der Waals surface area (Å²) in [6, 6.07) is 7.68. The number of aryl methyl sites for hydroxylation is 1. The van der Waals surface area contributed by atoms with Crippen LogP contribution in [0.15, 0.2) is 34.4 Å². The van der Waals surface area contributed by atoms with Crippen LogP contribution < -0.4 is 9.61 Å². The van der Waals surface area contributed by atoms with Gasteiger partial charge in [-0.1, -0.05) is 29.5 Å². The Balaban J connectivity index is 1.80. The van der Waals surface area contributed by atoms with Crippen molar-refractivity contribution in [2.24, 2.45) is 0 Å². The summed E-state index contributed by atoms with van der Waals surface area (Å²) in [7, 11) is 1.62. The van der Waals surface area contributed by atoms with Gasteiger partial charge in [-0.25, -0.2) is 0 Å². The Morgan fingerprint density at radius 2 is 2.23 bits per heavy atom. The van der Waals surface area contributed by atoms with E-state index in [1.54, 1.807) is 17.4 Å². The van der Waals surface area contributed by atoms with Gasteiger partial charge in [0.25, 0.3) is 0 Å². The second-order valence-electron chi connectivity index (χ2n) is 6.45. The van der Waals surface area contributed by atoms with Crippen molar-refractivity contribution < 1.29 is 14.3 Å². The van der Waals surface area contributed by atoms with Crippen molar-refractivity contribution in [3.63, 3.8) is 0 Å². The van der Waals surface area contributed by atoms with E-state index < -0.39 is 0 Å². The van der Waals surface area contributed by atoms with E-state index in [1.807, 2.05) is 31.2 Å². The fourth-order valence-corrected chi connectivity index (χ4v) is 3.89. The number of thiazole rings is 1. The van der Waals surface area contributed by atoms with Gasteiger partial charge in [0.2, 0.25) is 5.91 Å². The van der Waals surface area contributed by atoms with Gasteiger partial charge in [0.05, 0.1) is 13.2 Å². The van der Waals surface area contributed by atoms with Gasteiger partial charge in [-0.3, -0.25) is 14.2 Å². The Hall–Kier alpha value is -2.12. The van der Waals surface area contributed by atoms with Crippen LogP contribution >= 0.6 is 11.3 Å². The summed E-state index contributed by atoms with van der Waals surface area (Å²) >= 11 is 1.12. The zero-order chi connectivity index (χ0) is 18.5. The Labute approximate surface area is 157 Å². The van der Waals surface area contributed by atoms with Crippen molar-refractivity contribution in [1.82, 2.24) is 9.47 Å². The third kappa shape index (κ3) is 4.34. The molecule has 2 heterocycles. The summed E-state index contributed by atoms with van der Waals surface area (Å²) in [5.74, 6) is 0.663. The zero-order valence-electron chi connectivity index (χ0n) is 15.1. The number of benzene rings is 1. The number of hydrogen-bond donors (Lipinski definition) is 0. The Bertz CT molecular complexity index is 808. The third-order valence-electron chi connectivity index (χ3n) is 4.62. The highest BCUT2D eigenvalue weighted by Gasteiger charge is 2.24. The Morgan fingerprint density at radius 3 is 2.88 bits per heavy atom. The largest absolute Gasteiger partial charge is 0.496 e. The van der Waals surface area contributed by atoms with Crippen LogP contribution in [-0.4, -0.2) is 41.7 Å². The van der Waals surface area contributed by atoms with Crippen LogP contribution in [0.25, 0.3) is 0 Å². The van der Waals surface area contributed by atoms with Crippen molar-refractivity contribution in [3.05, 3.63) is 50.6 Å². The maximum absolute atomic E-state index is 13.0. The highest BCUT2D eigenvalue weighted by atomic mass is 32.1. The minimum absolute atomic E-state index is 0.0500.